The van der Waals surface area contributed by atoms with Crippen molar-refractivity contribution >= 4 is 11.8 Å². The second-order valence-corrected chi connectivity index (χ2v) is 6.84. The number of thioether (sulfide) groups is 1. The number of nitrogens with one attached hydrogen (secondary N) is 1. The summed E-state index contributed by atoms with van der Waals surface area (Å²) in [6, 6.07) is 0.481. The highest BCUT2D eigenvalue weighted by Gasteiger charge is 2.25. The van der Waals surface area contributed by atoms with Gasteiger partial charge in [0.25, 0.3) is 0 Å². The van der Waals surface area contributed by atoms with E-state index in [4.69, 9.17) is 4.98 Å². The Morgan fingerprint density at radius 2 is 2.32 bits per heavy atom. The zero-order chi connectivity index (χ0) is 13.1. The molecule has 2 heterocycles. The van der Waals surface area contributed by atoms with Crippen molar-refractivity contribution in [3.63, 3.8) is 0 Å². The Bertz CT molecular complexity index is 429. The molecule has 1 N–H and O–H groups in total. The summed E-state index contributed by atoms with van der Waals surface area (Å²) in [5, 5.41) is 4.18. The molecule has 0 bridgehead atoms. The third-order valence-electron chi connectivity index (χ3n) is 4.06. The molecule has 2 aliphatic rings. The Hall–Kier alpha value is -0.610. The smallest absolute Gasteiger partial charge is 0.141 e. The first-order valence-electron chi connectivity index (χ1n) is 7.59. The highest BCUT2D eigenvalue weighted by Crippen LogP contribution is 2.39. The summed E-state index contributed by atoms with van der Waals surface area (Å²) in [6.07, 6.45) is 9.47. The van der Waals surface area contributed by atoms with Gasteiger partial charge in [-0.25, -0.2) is 9.97 Å². The first kappa shape index (κ1) is 13.4. The lowest BCUT2D eigenvalue weighted by Crippen LogP contribution is -2.27. The molecule has 104 valence electrons. The quantitative estimate of drug-likeness (QED) is 0.915. The van der Waals surface area contributed by atoms with Crippen LogP contribution < -0.4 is 5.32 Å². The standard InChI is InChI=1S/C15H23N3S/c1-2-8-16-12-5-3-6-13-11(12)10-17-15(18-13)14-7-4-9-19-14/h10,12,14,16H,2-9H2,1H3. The number of rotatable bonds is 4. The second kappa shape index (κ2) is 6.23. The van der Waals surface area contributed by atoms with Gasteiger partial charge < -0.3 is 5.32 Å². The molecule has 1 aromatic rings. The molecule has 3 nitrogen and oxygen atoms in total. The largest absolute Gasteiger partial charge is 0.310 e. The SMILES string of the molecule is CCCNC1CCCc2nc(C3CCCS3)ncc21. The predicted octanol–water partition coefficient (Wildman–Crippen LogP) is 3.42. The summed E-state index contributed by atoms with van der Waals surface area (Å²) in [5.41, 5.74) is 2.66. The van der Waals surface area contributed by atoms with Crippen LogP contribution in [0, 0.1) is 0 Å². The Kier molecular flexibility index (Phi) is 4.38. The van der Waals surface area contributed by atoms with Gasteiger partial charge in [-0.15, -0.1) is 0 Å². The Morgan fingerprint density at radius 3 is 3.11 bits per heavy atom. The van der Waals surface area contributed by atoms with E-state index < -0.39 is 0 Å². The Balaban J connectivity index is 1.79. The van der Waals surface area contributed by atoms with Crippen LogP contribution in [-0.4, -0.2) is 22.3 Å². The summed E-state index contributed by atoms with van der Waals surface area (Å²) >= 11 is 2.02. The van der Waals surface area contributed by atoms with Crippen molar-refractivity contribution in [2.45, 2.75) is 56.7 Å². The van der Waals surface area contributed by atoms with Crippen LogP contribution in [0.15, 0.2) is 6.20 Å². The molecule has 1 saturated heterocycles. The number of nitrogens with zero attached hydrogens (tertiary/aromatic N) is 2. The summed E-state index contributed by atoms with van der Waals surface area (Å²) in [6.45, 7) is 3.30. The van der Waals surface area contributed by atoms with E-state index >= 15 is 0 Å². The maximum Gasteiger partial charge on any atom is 0.141 e. The molecule has 1 aliphatic carbocycles. The molecule has 2 unspecified atom stereocenters. The number of hydrogen-bond acceptors (Lipinski definition) is 4. The fourth-order valence-corrected chi connectivity index (χ4v) is 4.24. The summed E-state index contributed by atoms with van der Waals surface area (Å²) in [4.78, 5) is 9.54. The fourth-order valence-electron chi connectivity index (χ4n) is 3.03. The molecule has 0 radical (unpaired) electrons. The van der Waals surface area contributed by atoms with Gasteiger partial charge in [0.15, 0.2) is 0 Å². The zero-order valence-corrected chi connectivity index (χ0v) is 12.5. The van der Waals surface area contributed by atoms with Crippen LogP contribution >= 0.6 is 11.8 Å². The summed E-state index contributed by atoms with van der Waals surface area (Å²) < 4.78 is 0. The van der Waals surface area contributed by atoms with Crippen molar-refractivity contribution in [2.24, 2.45) is 0 Å². The topological polar surface area (TPSA) is 37.8 Å². The lowest BCUT2D eigenvalue weighted by atomic mass is 9.92. The molecular formula is C15H23N3S. The average molecular weight is 277 g/mol. The first-order chi connectivity index (χ1) is 9.38. The van der Waals surface area contributed by atoms with Gasteiger partial charge in [0.2, 0.25) is 0 Å². The van der Waals surface area contributed by atoms with Crippen LogP contribution in [0.2, 0.25) is 0 Å². The Morgan fingerprint density at radius 1 is 1.37 bits per heavy atom. The predicted molar refractivity (Wildman–Crippen MR) is 80.4 cm³/mol. The van der Waals surface area contributed by atoms with Crippen molar-refractivity contribution in [1.82, 2.24) is 15.3 Å². The minimum atomic E-state index is 0.481. The van der Waals surface area contributed by atoms with Crippen molar-refractivity contribution in [1.29, 1.82) is 0 Å². The van der Waals surface area contributed by atoms with E-state index in [2.05, 4.69) is 23.4 Å². The average Bonchev–Trinajstić information content (AvgIpc) is 2.98. The van der Waals surface area contributed by atoms with E-state index in [0.717, 1.165) is 18.8 Å². The van der Waals surface area contributed by atoms with Gasteiger partial charge in [-0.05, 0) is 50.8 Å². The maximum absolute atomic E-state index is 4.88. The fraction of sp³-hybridized carbons (Fsp3) is 0.733. The monoisotopic (exact) mass is 277 g/mol. The Labute approximate surface area is 120 Å². The maximum atomic E-state index is 4.88. The third kappa shape index (κ3) is 2.95. The zero-order valence-electron chi connectivity index (χ0n) is 11.7. The summed E-state index contributed by atoms with van der Waals surface area (Å²) in [5.74, 6) is 2.35. The summed E-state index contributed by atoms with van der Waals surface area (Å²) in [7, 11) is 0. The van der Waals surface area contributed by atoms with Crippen molar-refractivity contribution in [2.75, 3.05) is 12.3 Å². The molecule has 0 amide bonds. The highest BCUT2D eigenvalue weighted by atomic mass is 32.2. The minimum Gasteiger partial charge on any atom is -0.310 e. The van der Waals surface area contributed by atoms with Gasteiger partial charge >= 0.3 is 0 Å². The van der Waals surface area contributed by atoms with Crippen molar-refractivity contribution < 1.29 is 0 Å². The van der Waals surface area contributed by atoms with E-state index in [1.165, 1.54) is 49.1 Å². The highest BCUT2D eigenvalue weighted by molar-refractivity contribution is 7.99. The second-order valence-electron chi connectivity index (χ2n) is 5.53. The third-order valence-corrected chi connectivity index (χ3v) is 5.43. The molecule has 4 heteroatoms. The van der Waals surface area contributed by atoms with E-state index in [1.54, 1.807) is 0 Å². The molecule has 0 aromatic carbocycles. The van der Waals surface area contributed by atoms with Crippen LogP contribution in [0.3, 0.4) is 0 Å². The number of aromatic nitrogens is 2. The molecule has 1 fully saturated rings. The molecule has 2 atom stereocenters. The van der Waals surface area contributed by atoms with E-state index in [9.17, 15) is 0 Å². The van der Waals surface area contributed by atoms with Gasteiger partial charge in [0.05, 0.1) is 5.25 Å². The molecule has 1 aliphatic heterocycles. The minimum absolute atomic E-state index is 0.481. The van der Waals surface area contributed by atoms with Crippen LogP contribution in [-0.2, 0) is 6.42 Å². The van der Waals surface area contributed by atoms with Gasteiger partial charge in [0.1, 0.15) is 5.82 Å². The van der Waals surface area contributed by atoms with Crippen LogP contribution in [0.1, 0.15) is 67.4 Å². The van der Waals surface area contributed by atoms with Crippen LogP contribution in [0.4, 0.5) is 0 Å². The number of fused-ring (bicyclic) bond motifs is 1. The number of hydrogen-bond donors (Lipinski definition) is 1. The van der Waals surface area contributed by atoms with Gasteiger partial charge in [-0.3, -0.25) is 0 Å². The first-order valence-corrected chi connectivity index (χ1v) is 8.64. The molecular weight excluding hydrogens is 254 g/mol. The molecule has 0 spiro atoms. The van der Waals surface area contributed by atoms with E-state index in [1.807, 2.05) is 11.8 Å². The molecule has 1 aromatic heterocycles. The lowest BCUT2D eigenvalue weighted by Gasteiger charge is -2.26. The van der Waals surface area contributed by atoms with Gasteiger partial charge in [-0.2, -0.15) is 11.8 Å². The normalized spacial score (nSPS) is 26.4. The van der Waals surface area contributed by atoms with Crippen molar-refractivity contribution in [3.05, 3.63) is 23.3 Å². The van der Waals surface area contributed by atoms with E-state index in [-0.39, 0.29) is 0 Å². The van der Waals surface area contributed by atoms with Gasteiger partial charge in [-0.1, -0.05) is 6.92 Å². The van der Waals surface area contributed by atoms with E-state index in [0.29, 0.717) is 11.3 Å². The van der Waals surface area contributed by atoms with Gasteiger partial charge in [0, 0.05) is 23.5 Å². The molecule has 19 heavy (non-hydrogen) atoms. The molecule has 0 saturated carbocycles. The number of aryl methyl sites for hydroxylation is 1. The van der Waals surface area contributed by atoms with Crippen LogP contribution in [0.25, 0.3) is 0 Å². The van der Waals surface area contributed by atoms with Crippen LogP contribution in [0.5, 0.6) is 0 Å². The molecule has 3 rings (SSSR count). The lowest BCUT2D eigenvalue weighted by molar-refractivity contribution is 0.452. The van der Waals surface area contributed by atoms with Crippen molar-refractivity contribution in [3.8, 4) is 0 Å².